The van der Waals surface area contributed by atoms with Crippen LogP contribution in [0.4, 0.5) is 5.69 Å². The van der Waals surface area contributed by atoms with Crippen molar-refractivity contribution in [1.82, 2.24) is 15.1 Å². The molecule has 2 heterocycles. The molecule has 3 rings (SSSR count). The van der Waals surface area contributed by atoms with E-state index in [2.05, 4.69) is 41.1 Å². The number of aryl methyl sites for hydroxylation is 2. The van der Waals surface area contributed by atoms with Crippen molar-refractivity contribution in [2.75, 3.05) is 18.8 Å². The van der Waals surface area contributed by atoms with Crippen molar-refractivity contribution in [2.24, 2.45) is 0 Å². The molecule has 116 valence electrons. The summed E-state index contributed by atoms with van der Waals surface area (Å²) in [6.07, 6.45) is 6.05. The van der Waals surface area contributed by atoms with Crippen LogP contribution >= 0.6 is 0 Å². The highest BCUT2D eigenvalue weighted by molar-refractivity contribution is 5.52. The van der Waals surface area contributed by atoms with Crippen LogP contribution in [0.2, 0.25) is 0 Å². The molecule has 4 nitrogen and oxygen atoms in total. The van der Waals surface area contributed by atoms with Crippen LogP contribution in [0.1, 0.15) is 41.0 Å². The second-order valence-electron chi connectivity index (χ2n) is 6.37. The smallest absolute Gasteiger partial charge is 0.0541 e. The Hall–Kier alpha value is -1.94. The van der Waals surface area contributed by atoms with Crippen molar-refractivity contribution in [2.45, 2.75) is 39.2 Å². The zero-order valence-corrected chi connectivity index (χ0v) is 13.4. The van der Waals surface area contributed by atoms with Gasteiger partial charge in [0.15, 0.2) is 0 Å². The summed E-state index contributed by atoms with van der Waals surface area (Å²) in [6, 6.07) is 6.46. The van der Waals surface area contributed by atoms with E-state index in [0.29, 0.717) is 5.92 Å². The lowest BCUT2D eigenvalue weighted by atomic mass is 9.85. The van der Waals surface area contributed by atoms with Crippen LogP contribution in [-0.4, -0.2) is 28.2 Å². The number of rotatable bonds is 3. The SMILES string of the molecule is Cc1cc(C2CCN(Cc3ccnnc3)CC2)c(C)cc1N. The first-order valence-corrected chi connectivity index (χ1v) is 7.98. The Bertz CT molecular complexity index is 631. The number of likely N-dealkylation sites (tertiary alicyclic amines) is 1. The number of hydrogen-bond acceptors (Lipinski definition) is 4. The van der Waals surface area contributed by atoms with Crippen molar-refractivity contribution in [3.05, 3.63) is 52.8 Å². The molecule has 0 amide bonds. The second-order valence-corrected chi connectivity index (χ2v) is 6.37. The molecule has 1 aliphatic heterocycles. The first kappa shape index (κ1) is 15.0. The molecule has 0 saturated carbocycles. The standard InChI is InChI=1S/C18H24N4/c1-13-10-18(19)14(2)9-17(13)16-4-7-22(8-5-16)12-15-3-6-20-21-11-15/h3,6,9-11,16H,4-5,7-8,12,19H2,1-2H3. The molecule has 1 aromatic carbocycles. The minimum atomic E-state index is 0.658. The Morgan fingerprint density at radius 2 is 1.91 bits per heavy atom. The fourth-order valence-electron chi connectivity index (χ4n) is 3.37. The molecule has 1 fully saturated rings. The largest absolute Gasteiger partial charge is 0.399 e. The van der Waals surface area contributed by atoms with E-state index < -0.39 is 0 Å². The van der Waals surface area contributed by atoms with Crippen LogP contribution in [0.15, 0.2) is 30.6 Å². The van der Waals surface area contributed by atoms with E-state index in [9.17, 15) is 0 Å². The first-order chi connectivity index (χ1) is 10.6. The molecule has 1 aliphatic rings. The minimum Gasteiger partial charge on any atom is -0.399 e. The number of nitrogens with two attached hydrogens (primary N) is 1. The zero-order valence-electron chi connectivity index (χ0n) is 13.4. The normalized spacial score (nSPS) is 16.8. The van der Waals surface area contributed by atoms with Gasteiger partial charge >= 0.3 is 0 Å². The number of nitrogen functional groups attached to an aromatic ring is 1. The van der Waals surface area contributed by atoms with Gasteiger partial charge in [-0.1, -0.05) is 6.07 Å². The number of benzene rings is 1. The average molecular weight is 296 g/mol. The third kappa shape index (κ3) is 3.28. The van der Waals surface area contributed by atoms with Gasteiger partial charge in [0.2, 0.25) is 0 Å². The van der Waals surface area contributed by atoms with Gasteiger partial charge in [-0.15, -0.1) is 0 Å². The number of aromatic nitrogens is 2. The molecule has 0 aliphatic carbocycles. The summed E-state index contributed by atoms with van der Waals surface area (Å²) in [6.45, 7) is 7.53. The maximum Gasteiger partial charge on any atom is 0.0541 e. The molecule has 0 bridgehead atoms. The van der Waals surface area contributed by atoms with Crippen LogP contribution in [0.3, 0.4) is 0 Å². The van der Waals surface area contributed by atoms with Crippen LogP contribution in [0.5, 0.6) is 0 Å². The Labute approximate surface area is 132 Å². The number of nitrogens with zero attached hydrogens (tertiary/aromatic N) is 3. The topological polar surface area (TPSA) is 55.0 Å². The van der Waals surface area contributed by atoms with Gasteiger partial charge in [-0.25, -0.2) is 0 Å². The van der Waals surface area contributed by atoms with Gasteiger partial charge in [0, 0.05) is 18.4 Å². The maximum atomic E-state index is 6.01. The van der Waals surface area contributed by atoms with Gasteiger partial charge in [-0.2, -0.15) is 10.2 Å². The molecule has 0 spiro atoms. The molecular formula is C18H24N4. The Kier molecular flexibility index (Phi) is 4.39. The van der Waals surface area contributed by atoms with Gasteiger partial charge in [0.1, 0.15) is 0 Å². The molecule has 0 atom stereocenters. The summed E-state index contributed by atoms with van der Waals surface area (Å²) in [7, 11) is 0. The molecule has 1 saturated heterocycles. The Balaban J connectivity index is 1.63. The molecule has 2 N–H and O–H groups in total. The number of hydrogen-bond donors (Lipinski definition) is 1. The van der Waals surface area contributed by atoms with Crippen LogP contribution in [-0.2, 0) is 6.54 Å². The highest BCUT2D eigenvalue weighted by Gasteiger charge is 2.22. The van der Waals surface area contributed by atoms with Crippen LogP contribution < -0.4 is 5.73 Å². The predicted octanol–water partition coefficient (Wildman–Crippen LogP) is 3.06. The van der Waals surface area contributed by atoms with E-state index in [1.807, 2.05) is 12.3 Å². The van der Waals surface area contributed by atoms with Crippen molar-refractivity contribution in [3.8, 4) is 0 Å². The molecule has 1 aromatic heterocycles. The Morgan fingerprint density at radius 1 is 1.14 bits per heavy atom. The van der Waals surface area contributed by atoms with E-state index >= 15 is 0 Å². The highest BCUT2D eigenvalue weighted by Crippen LogP contribution is 2.32. The molecule has 22 heavy (non-hydrogen) atoms. The van der Waals surface area contributed by atoms with Gasteiger partial charge < -0.3 is 5.73 Å². The van der Waals surface area contributed by atoms with Gasteiger partial charge in [0.25, 0.3) is 0 Å². The summed E-state index contributed by atoms with van der Waals surface area (Å²) in [5.74, 6) is 0.658. The third-order valence-corrected chi connectivity index (χ3v) is 4.73. The van der Waals surface area contributed by atoms with E-state index in [1.165, 1.54) is 35.1 Å². The lowest BCUT2D eigenvalue weighted by Crippen LogP contribution is -2.32. The van der Waals surface area contributed by atoms with Crippen molar-refractivity contribution in [3.63, 3.8) is 0 Å². The third-order valence-electron chi connectivity index (χ3n) is 4.73. The fourth-order valence-corrected chi connectivity index (χ4v) is 3.37. The predicted molar refractivity (Wildman–Crippen MR) is 89.6 cm³/mol. The van der Waals surface area contributed by atoms with Crippen molar-refractivity contribution < 1.29 is 0 Å². The average Bonchev–Trinajstić information content (AvgIpc) is 2.53. The van der Waals surface area contributed by atoms with Gasteiger partial charge in [-0.3, -0.25) is 4.90 Å². The monoisotopic (exact) mass is 296 g/mol. The van der Waals surface area contributed by atoms with Crippen LogP contribution in [0.25, 0.3) is 0 Å². The molecule has 0 radical (unpaired) electrons. The fraction of sp³-hybridized carbons (Fsp3) is 0.444. The second kappa shape index (κ2) is 6.44. The number of piperidine rings is 1. The quantitative estimate of drug-likeness (QED) is 0.885. The van der Waals surface area contributed by atoms with Gasteiger partial charge in [0.05, 0.1) is 6.20 Å². The lowest BCUT2D eigenvalue weighted by molar-refractivity contribution is 0.204. The van der Waals surface area contributed by atoms with E-state index in [1.54, 1.807) is 6.20 Å². The summed E-state index contributed by atoms with van der Waals surface area (Å²) in [5, 5.41) is 7.79. The number of anilines is 1. The summed E-state index contributed by atoms with van der Waals surface area (Å²) in [4.78, 5) is 2.51. The van der Waals surface area contributed by atoms with Crippen molar-refractivity contribution in [1.29, 1.82) is 0 Å². The first-order valence-electron chi connectivity index (χ1n) is 7.98. The summed E-state index contributed by atoms with van der Waals surface area (Å²) < 4.78 is 0. The lowest BCUT2D eigenvalue weighted by Gasteiger charge is -2.33. The van der Waals surface area contributed by atoms with Crippen LogP contribution in [0, 0.1) is 13.8 Å². The molecular weight excluding hydrogens is 272 g/mol. The highest BCUT2D eigenvalue weighted by atomic mass is 15.1. The van der Waals surface area contributed by atoms with E-state index in [0.717, 1.165) is 25.3 Å². The minimum absolute atomic E-state index is 0.658. The molecule has 2 aromatic rings. The molecule has 0 unspecified atom stereocenters. The Morgan fingerprint density at radius 3 is 2.59 bits per heavy atom. The van der Waals surface area contributed by atoms with E-state index in [-0.39, 0.29) is 0 Å². The van der Waals surface area contributed by atoms with Gasteiger partial charge in [-0.05, 0) is 80.1 Å². The van der Waals surface area contributed by atoms with Crippen molar-refractivity contribution >= 4 is 5.69 Å². The summed E-state index contributed by atoms with van der Waals surface area (Å²) >= 11 is 0. The zero-order chi connectivity index (χ0) is 15.5. The van der Waals surface area contributed by atoms with E-state index in [4.69, 9.17) is 5.73 Å². The maximum absolute atomic E-state index is 6.01. The molecule has 4 heteroatoms. The summed E-state index contributed by atoms with van der Waals surface area (Å²) in [5.41, 5.74) is 12.2.